The number of carbonyl (C=O) groups excluding carboxylic acids is 1. The van der Waals surface area contributed by atoms with Crippen LogP contribution >= 0.6 is 11.3 Å². The first-order valence-corrected chi connectivity index (χ1v) is 9.74. The summed E-state index contributed by atoms with van der Waals surface area (Å²) in [6.45, 7) is 0. The highest BCUT2D eigenvalue weighted by Gasteiger charge is 2.12. The van der Waals surface area contributed by atoms with Gasteiger partial charge in [-0.3, -0.25) is 4.79 Å². The van der Waals surface area contributed by atoms with Crippen LogP contribution in [-0.4, -0.2) is 30.7 Å². The van der Waals surface area contributed by atoms with Gasteiger partial charge in [-0.1, -0.05) is 42.5 Å². The van der Waals surface area contributed by atoms with Crippen LogP contribution in [0.1, 0.15) is 10.5 Å². The molecule has 0 bridgehead atoms. The lowest BCUT2D eigenvalue weighted by molar-refractivity contribution is 0.102. The van der Waals surface area contributed by atoms with Crippen molar-refractivity contribution < 1.29 is 4.79 Å². The van der Waals surface area contributed by atoms with E-state index in [4.69, 9.17) is 0 Å². The second-order valence-electron chi connectivity index (χ2n) is 6.29. The Morgan fingerprint density at radius 2 is 1.76 bits per heavy atom. The number of rotatable bonds is 4. The Morgan fingerprint density at radius 3 is 2.59 bits per heavy atom. The molecule has 5 aromatic rings. The first-order chi connectivity index (χ1) is 14.3. The normalized spacial score (nSPS) is 10.9. The molecule has 29 heavy (non-hydrogen) atoms. The molecule has 0 saturated carbocycles. The summed E-state index contributed by atoms with van der Waals surface area (Å²) in [6, 6.07) is 21.1. The Labute approximate surface area is 169 Å². The fraction of sp³-hybridized carbons (Fsp3) is 0. The van der Waals surface area contributed by atoms with Crippen molar-refractivity contribution in [2.75, 3.05) is 5.32 Å². The van der Waals surface area contributed by atoms with Gasteiger partial charge in [0.15, 0.2) is 5.65 Å². The van der Waals surface area contributed by atoms with Gasteiger partial charge in [0.05, 0.1) is 5.69 Å². The van der Waals surface area contributed by atoms with E-state index in [1.165, 1.54) is 11.3 Å². The van der Waals surface area contributed by atoms with Crippen molar-refractivity contribution in [3.63, 3.8) is 0 Å². The molecule has 2 aromatic carbocycles. The number of fused-ring (bicyclic) bond motifs is 1. The molecule has 0 radical (unpaired) electrons. The number of carbonyl (C=O) groups is 1. The molecular weight excluding hydrogens is 384 g/mol. The van der Waals surface area contributed by atoms with Crippen LogP contribution in [0, 0.1) is 0 Å². The average Bonchev–Trinajstić information content (AvgIpc) is 3.44. The molecule has 1 amide bonds. The van der Waals surface area contributed by atoms with Crippen molar-refractivity contribution in [1.82, 2.24) is 24.8 Å². The summed E-state index contributed by atoms with van der Waals surface area (Å²) in [6.07, 6.45) is 1.56. The topological polar surface area (TPSA) is 85.1 Å². The number of aromatic nitrogens is 5. The third-order valence-electron chi connectivity index (χ3n) is 4.36. The SMILES string of the molecule is O=C(Nc1ccc(-c2ccc3nncn3n2)cc1)c1csc(-c2ccccc2)n1. The molecule has 1 N–H and O–H groups in total. The van der Waals surface area contributed by atoms with E-state index in [-0.39, 0.29) is 5.91 Å². The molecule has 3 heterocycles. The molecule has 140 valence electrons. The van der Waals surface area contributed by atoms with E-state index in [9.17, 15) is 4.79 Å². The second-order valence-corrected chi connectivity index (χ2v) is 7.15. The zero-order chi connectivity index (χ0) is 19.6. The van der Waals surface area contributed by atoms with Gasteiger partial charge in [-0.2, -0.15) is 9.61 Å². The average molecular weight is 398 g/mol. The van der Waals surface area contributed by atoms with Crippen molar-refractivity contribution in [3.8, 4) is 21.8 Å². The minimum absolute atomic E-state index is 0.236. The van der Waals surface area contributed by atoms with Crippen molar-refractivity contribution in [1.29, 1.82) is 0 Å². The third-order valence-corrected chi connectivity index (χ3v) is 5.25. The van der Waals surface area contributed by atoms with E-state index in [1.54, 1.807) is 16.2 Å². The highest BCUT2D eigenvalue weighted by atomic mass is 32.1. The number of hydrogen-bond donors (Lipinski definition) is 1. The lowest BCUT2D eigenvalue weighted by Gasteiger charge is -2.05. The van der Waals surface area contributed by atoms with Gasteiger partial charge in [-0.25, -0.2) is 4.98 Å². The Morgan fingerprint density at radius 1 is 0.931 bits per heavy atom. The number of thiazole rings is 1. The smallest absolute Gasteiger partial charge is 0.275 e. The van der Waals surface area contributed by atoms with Crippen LogP contribution in [0.5, 0.6) is 0 Å². The standard InChI is InChI=1S/C21H14N6OS/c28-20(18-12-29-21(24-18)15-4-2-1-3-5-15)23-16-8-6-14(7-9-16)17-10-11-19-25-22-13-27(19)26-17/h1-13H,(H,23,28). The summed E-state index contributed by atoms with van der Waals surface area (Å²) in [5, 5.41) is 17.7. The quantitative estimate of drug-likeness (QED) is 0.491. The summed E-state index contributed by atoms with van der Waals surface area (Å²) >= 11 is 1.45. The zero-order valence-corrected chi connectivity index (χ0v) is 15.9. The number of nitrogens with zero attached hydrogens (tertiary/aromatic N) is 5. The van der Waals surface area contributed by atoms with Crippen LogP contribution in [0.2, 0.25) is 0 Å². The number of benzene rings is 2. The maximum absolute atomic E-state index is 12.5. The maximum Gasteiger partial charge on any atom is 0.275 e. The fourth-order valence-electron chi connectivity index (χ4n) is 2.89. The van der Waals surface area contributed by atoms with E-state index in [1.807, 2.05) is 66.7 Å². The Bertz CT molecular complexity index is 1290. The van der Waals surface area contributed by atoms with Gasteiger partial charge in [0.25, 0.3) is 5.91 Å². The molecule has 8 heteroatoms. The summed E-state index contributed by atoms with van der Waals surface area (Å²) in [7, 11) is 0. The summed E-state index contributed by atoms with van der Waals surface area (Å²) < 4.78 is 1.62. The van der Waals surface area contributed by atoms with Crippen molar-refractivity contribution >= 4 is 28.6 Å². The molecule has 0 unspecified atom stereocenters. The monoisotopic (exact) mass is 398 g/mol. The van der Waals surface area contributed by atoms with Crippen molar-refractivity contribution in [2.24, 2.45) is 0 Å². The van der Waals surface area contributed by atoms with Gasteiger partial charge in [-0.05, 0) is 24.3 Å². The maximum atomic E-state index is 12.5. The predicted octanol–water partition coefficient (Wildman–Crippen LogP) is 4.17. The molecule has 0 spiro atoms. The van der Waals surface area contributed by atoms with Gasteiger partial charge in [0.1, 0.15) is 17.0 Å². The minimum Gasteiger partial charge on any atom is -0.321 e. The van der Waals surface area contributed by atoms with Gasteiger partial charge in [-0.15, -0.1) is 21.5 Å². The van der Waals surface area contributed by atoms with Gasteiger partial charge in [0, 0.05) is 22.2 Å². The predicted molar refractivity (Wildman–Crippen MR) is 112 cm³/mol. The van der Waals surface area contributed by atoms with Crippen LogP contribution in [0.3, 0.4) is 0 Å². The zero-order valence-electron chi connectivity index (χ0n) is 15.1. The summed E-state index contributed by atoms with van der Waals surface area (Å²) in [5.41, 5.74) is 4.51. The number of nitrogens with one attached hydrogen (secondary N) is 1. The number of amides is 1. The fourth-order valence-corrected chi connectivity index (χ4v) is 3.70. The van der Waals surface area contributed by atoms with Gasteiger partial charge in [0.2, 0.25) is 0 Å². The van der Waals surface area contributed by atoms with Crippen LogP contribution in [0.25, 0.3) is 27.5 Å². The first-order valence-electron chi connectivity index (χ1n) is 8.86. The van der Waals surface area contributed by atoms with Crippen LogP contribution in [0.15, 0.2) is 78.4 Å². The van der Waals surface area contributed by atoms with E-state index in [0.717, 1.165) is 21.8 Å². The van der Waals surface area contributed by atoms with E-state index >= 15 is 0 Å². The highest BCUT2D eigenvalue weighted by Crippen LogP contribution is 2.24. The minimum atomic E-state index is -0.236. The molecule has 0 aliphatic carbocycles. The van der Waals surface area contributed by atoms with E-state index < -0.39 is 0 Å². The molecule has 3 aromatic heterocycles. The van der Waals surface area contributed by atoms with Crippen molar-refractivity contribution in [3.05, 3.63) is 84.1 Å². The van der Waals surface area contributed by atoms with Crippen LogP contribution in [-0.2, 0) is 0 Å². The summed E-state index contributed by atoms with van der Waals surface area (Å²) in [4.78, 5) is 17.0. The van der Waals surface area contributed by atoms with Crippen LogP contribution < -0.4 is 5.32 Å². The number of hydrogen-bond acceptors (Lipinski definition) is 6. The molecular formula is C21H14N6OS. The molecule has 7 nitrogen and oxygen atoms in total. The highest BCUT2D eigenvalue weighted by molar-refractivity contribution is 7.13. The van der Waals surface area contributed by atoms with Crippen LogP contribution in [0.4, 0.5) is 5.69 Å². The molecule has 5 rings (SSSR count). The molecule has 0 fully saturated rings. The first kappa shape index (κ1) is 17.2. The summed E-state index contributed by atoms with van der Waals surface area (Å²) in [5.74, 6) is -0.236. The second kappa shape index (κ2) is 7.25. The Hall–Kier alpha value is -3.91. The Balaban J connectivity index is 1.32. The number of anilines is 1. The molecule has 0 saturated heterocycles. The van der Waals surface area contributed by atoms with Gasteiger partial charge < -0.3 is 5.32 Å². The molecule has 0 aliphatic rings. The largest absolute Gasteiger partial charge is 0.321 e. The van der Waals surface area contributed by atoms with E-state index in [2.05, 4.69) is 25.6 Å². The Kier molecular flexibility index (Phi) is 4.30. The van der Waals surface area contributed by atoms with E-state index in [0.29, 0.717) is 17.0 Å². The molecule has 0 aliphatic heterocycles. The lowest BCUT2D eigenvalue weighted by atomic mass is 10.1. The van der Waals surface area contributed by atoms with Crippen molar-refractivity contribution in [2.45, 2.75) is 0 Å². The van der Waals surface area contributed by atoms with Gasteiger partial charge >= 0.3 is 0 Å². The molecule has 0 atom stereocenters. The lowest BCUT2D eigenvalue weighted by Crippen LogP contribution is -2.12. The third kappa shape index (κ3) is 3.48.